The highest BCUT2D eigenvalue weighted by Crippen LogP contribution is 2.27. The summed E-state index contributed by atoms with van der Waals surface area (Å²) in [5, 5.41) is 7.19. The van der Waals surface area contributed by atoms with E-state index in [0.29, 0.717) is 5.25 Å². The van der Waals surface area contributed by atoms with Crippen molar-refractivity contribution in [2.24, 2.45) is 4.99 Å². The zero-order valence-electron chi connectivity index (χ0n) is 16.9. The lowest BCUT2D eigenvalue weighted by molar-refractivity contribution is 0.354. The van der Waals surface area contributed by atoms with Gasteiger partial charge in [-0.05, 0) is 36.2 Å². The Hall–Kier alpha value is -1.61. The number of benzene rings is 2. The van der Waals surface area contributed by atoms with Crippen LogP contribution in [0, 0.1) is 0 Å². The van der Waals surface area contributed by atoms with Crippen LogP contribution in [0.2, 0.25) is 0 Å². The van der Waals surface area contributed by atoms with Crippen LogP contribution >= 0.6 is 35.7 Å². The van der Waals surface area contributed by atoms with Crippen molar-refractivity contribution in [3.05, 3.63) is 54.1 Å². The minimum atomic E-state index is 0. The SMILES string of the molecule is CN=C(NCCc1ccc(OC)c(OC)c1)NCC(C)Sc1ccccc1.I. The Labute approximate surface area is 189 Å². The van der Waals surface area contributed by atoms with Gasteiger partial charge < -0.3 is 20.1 Å². The van der Waals surface area contributed by atoms with Crippen molar-refractivity contribution in [2.45, 2.75) is 23.5 Å². The average Bonchev–Trinajstić information content (AvgIpc) is 2.71. The van der Waals surface area contributed by atoms with Crippen LogP contribution in [-0.2, 0) is 6.42 Å². The number of ether oxygens (including phenoxy) is 2. The zero-order valence-corrected chi connectivity index (χ0v) is 20.0. The van der Waals surface area contributed by atoms with Crippen LogP contribution in [-0.4, -0.2) is 45.6 Å². The van der Waals surface area contributed by atoms with Gasteiger partial charge in [0, 0.05) is 30.3 Å². The minimum absolute atomic E-state index is 0. The van der Waals surface area contributed by atoms with Gasteiger partial charge in [0.25, 0.3) is 0 Å². The molecule has 154 valence electrons. The maximum atomic E-state index is 5.36. The van der Waals surface area contributed by atoms with Gasteiger partial charge in [0.05, 0.1) is 14.2 Å². The van der Waals surface area contributed by atoms with E-state index in [9.17, 15) is 0 Å². The molecule has 0 saturated heterocycles. The lowest BCUT2D eigenvalue weighted by atomic mass is 10.1. The van der Waals surface area contributed by atoms with E-state index in [-0.39, 0.29) is 24.0 Å². The predicted molar refractivity (Wildman–Crippen MR) is 130 cm³/mol. The van der Waals surface area contributed by atoms with Crippen molar-refractivity contribution in [1.29, 1.82) is 0 Å². The summed E-state index contributed by atoms with van der Waals surface area (Å²) in [6.45, 7) is 3.84. The van der Waals surface area contributed by atoms with Crippen molar-refractivity contribution in [3.8, 4) is 11.5 Å². The molecule has 0 aliphatic rings. The molecule has 2 aromatic rings. The monoisotopic (exact) mass is 515 g/mol. The molecule has 0 heterocycles. The molecule has 2 N–H and O–H groups in total. The van der Waals surface area contributed by atoms with Gasteiger partial charge in [-0.3, -0.25) is 4.99 Å². The second-order valence-electron chi connectivity index (χ2n) is 6.06. The van der Waals surface area contributed by atoms with Gasteiger partial charge in [0.1, 0.15) is 0 Å². The van der Waals surface area contributed by atoms with Crippen molar-refractivity contribution < 1.29 is 9.47 Å². The van der Waals surface area contributed by atoms with Crippen LogP contribution < -0.4 is 20.1 Å². The lowest BCUT2D eigenvalue weighted by Crippen LogP contribution is -2.40. The normalized spacial score (nSPS) is 11.9. The molecule has 7 heteroatoms. The van der Waals surface area contributed by atoms with Crippen molar-refractivity contribution >= 4 is 41.7 Å². The van der Waals surface area contributed by atoms with Crippen LogP contribution in [0.3, 0.4) is 0 Å². The van der Waals surface area contributed by atoms with E-state index in [1.165, 1.54) is 10.5 Å². The number of guanidine groups is 1. The van der Waals surface area contributed by atoms with Crippen LogP contribution in [0.4, 0.5) is 0 Å². The molecule has 0 saturated carbocycles. The minimum Gasteiger partial charge on any atom is -0.493 e. The quantitative estimate of drug-likeness (QED) is 0.227. The van der Waals surface area contributed by atoms with E-state index < -0.39 is 0 Å². The van der Waals surface area contributed by atoms with Gasteiger partial charge in [0.15, 0.2) is 17.5 Å². The molecule has 1 atom stereocenters. The number of rotatable bonds is 9. The number of halogens is 1. The Morgan fingerprint density at radius 3 is 2.39 bits per heavy atom. The summed E-state index contributed by atoms with van der Waals surface area (Å²) in [5.74, 6) is 2.32. The summed E-state index contributed by atoms with van der Waals surface area (Å²) >= 11 is 1.85. The molecule has 0 aliphatic carbocycles. The van der Waals surface area contributed by atoms with Gasteiger partial charge in [-0.25, -0.2) is 0 Å². The molecule has 2 aromatic carbocycles. The standard InChI is InChI=1S/C21H29N3O2S.HI/c1-16(27-18-8-6-5-7-9-18)15-24-21(22-2)23-13-12-17-10-11-19(25-3)20(14-17)26-4;/h5-11,14,16H,12-13,15H2,1-4H3,(H2,22,23,24);1H. The number of hydrogen-bond acceptors (Lipinski definition) is 4. The third-order valence-corrected chi connectivity index (χ3v) is 5.13. The Balaban J connectivity index is 0.00000392. The van der Waals surface area contributed by atoms with E-state index in [4.69, 9.17) is 9.47 Å². The zero-order chi connectivity index (χ0) is 19.5. The van der Waals surface area contributed by atoms with Gasteiger partial charge in [-0.2, -0.15) is 0 Å². The van der Waals surface area contributed by atoms with E-state index >= 15 is 0 Å². The molecule has 0 radical (unpaired) electrons. The second-order valence-corrected chi connectivity index (χ2v) is 7.57. The average molecular weight is 515 g/mol. The Bertz CT molecular complexity index is 729. The fraction of sp³-hybridized carbons (Fsp3) is 0.381. The van der Waals surface area contributed by atoms with E-state index in [2.05, 4.69) is 52.9 Å². The maximum absolute atomic E-state index is 5.36. The molecule has 0 amide bonds. The first kappa shape index (κ1) is 24.4. The smallest absolute Gasteiger partial charge is 0.191 e. The molecule has 0 spiro atoms. The topological polar surface area (TPSA) is 54.9 Å². The Morgan fingerprint density at radius 1 is 1.04 bits per heavy atom. The highest BCUT2D eigenvalue weighted by Gasteiger charge is 2.07. The molecule has 1 unspecified atom stereocenters. The number of nitrogens with one attached hydrogen (secondary N) is 2. The summed E-state index contributed by atoms with van der Waals surface area (Å²) in [5.41, 5.74) is 1.18. The summed E-state index contributed by atoms with van der Waals surface area (Å²) in [6, 6.07) is 16.4. The van der Waals surface area contributed by atoms with Crippen LogP contribution in [0.1, 0.15) is 12.5 Å². The third-order valence-electron chi connectivity index (χ3n) is 4.02. The van der Waals surface area contributed by atoms with Crippen LogP contribution in [0.5, 0.6) is 11.5 Å². The predicted octanol–water partition coefficient (Wildman–Crippen LogP) is 4.21. The molecule has 0 fully saturated rings. The molecular weight excluding hydrogens is 485 g/mol. The molecule has 5 nitrogen and oxygen atoms in total. The summed E-state index contributed by atoms with van der Waals surface area (Å²) in [7, 11) is 5.09. The lowest BCUT2D eigenvalue weighted by Gasteiger charge is -2.16. The van der Waals surface area contributed by atoms with Crippen LogP contribution in [0.25, 0.3) is 0 Å². The number of aliphatic imine (C=N–C) groups is 1. The highest BCUT2D eigenvalue weighted by molar-refractivity contribution is 14.0. The summed E-state index contributed by atoms with van der Waals surface area (Å²) in [4.78, 5) is 5.58. The number of thioether (sulfide) groups is 1. The fourth-order valence-electron chi connectivity index (χ4n) is 2.60. The Morgan fingerprint density at radius 2 is 1.75 bits per heavy atom. The molecule has 0 bridgehead atoms. The maximum Gasteiger partial charge on any atom is 0.191 e. The molecular formula is C21H30IN3O2S. The van der Waals surface area contributed by atoms with Gasteiger partial charge in [-0.1, -0.05) is 31.2 Å². The van der Waals surface area contributed by atoms with Crippen LogP contribution in [0.15, 0.2) is 58.4 Å². The first-order valence-electron chi connectivity index (χ1n) is 9.03. The van der Waals surface area contributed by atoms with Crippen molar-refractivity contribution in [2.75, 3.05) is 34.4 Å². The van der Waals surface area contributed by atoms with E-state index in [0.717, 1.165) is 37.0 Å². The molecule has 2 rings (SSSR count). The van der Waals surface area contributed by atoms with E-state index in [1.807, 2.05) is 30.0 Å². The van der Waals surface area contributed by atoms with Crippen molar-refractivity contribution in [1.82, 2.24) is 10.6 Å². The molecule has 0 aromatic heterocycles. The van der Waals surface area contributed by atoms with Crippen molar-refractivity contribution in [3.63, 3.8) is 0 Å². The molecule has 0 aliphatic heterocycles. The summed E-state index contributed by atoms with van der Waals surface area (Å²) in [6.07, 6.45) is 0.870. The first-order chi connectivity index (χ1) is 13.2. The van der Waals surface area contributed by atoms with Gasteiger partial charge in [-0.15, -0.1) is 35.7 Å². The number of nitrogens with zero attached hydrogens (tertiary/aromatic N) is 1. The summed E-state index contributed by atoms with van der Waals surface area (Å²) < 4.78 is 10.6. The molecule has 28 heavy (non-hydrogen) atoms. The fourth-order valence-corrected chi connectivity index (χ4v) is 3.54. The largest absolute Gasteiger partial charge is 0.493 e. The first-order valence-corrected chi connectivity index (χ1v) is 9.91. The van der Waals surface area contributed by atoms with Gasteiger partial charge >= 0.3 is 0 Å². The Kier molecular flexibility index (Phi) is 11.8. The van der Waals surface area contributed by atoms with Gasteiger partial charge in [0.2, 0.25) is 0 Å². The number of methoxy groups -OCH3 is 2. The van der Waals surface area contributed by atoms with E-state index in [1.54, 1.807) is 21.3 Å². The third kappa shape index (κ3) is 8.18. The highest BCUT2D eigenvalue weighted by atomic mass is 127. The number of hydrogen-bond donors (Lipinski definition) is 2. The second kappa shape index (κ2) is 13.5.